The Labute approximate surface area is 32.4 Å². The monoisotopic (exact) mass is 96.0 g/mol. The molecule has 0 aliphatic carbocycles. The normalized spacial score (nSPS) is 15.0. The van der Waals surface area contributed by atoms with Gasteiger partial charge >= 0.3 is 0 Å². The fourth-order valence-corrected chi connectivity index (χ4v) is 0. The van der Waals surface area contributed by atoms with Gasteiger partial charge in [0.2, 0.25) is 0 Å². The molecule has 0 aliphatic rings. The molecule has 0 saturated carbocycles. The number of hydrogen-bond donors (Lipinski definition) is 1. The predicted octanol–water partition coefficient (Wildman–Crippen LogP) is 0.149. The number of rotatable bonds is 1. The minimum Gasteiger partial charge on any atom is -0.393 e. The summed E-state index contributed by atoms with van der Waals surface area (Å²) in [6.07, 6.45) is 0. The molecule has 2 unspecified atom stereocenters. The van der Waals surface area contributed by atoms with Gasteiger partial charge in [-0.1, -0.05) is 9.24 Å². The zero-order chi connectivity index (χ0) is 4.28. The van der Waals surface area contributed by atoms with Crippen molar-refractivity contribution >= 4 is 9.24 Å². The van der Waals surface area contributed by atoms with Crippen LogP contribution < -0.4 is 0 Å². The van der Waals surface area contributed by atoms with Crippen LogP contribution in [0.2, 0.25) is 0 Å². The number of halogens is 1. The third kappa shape index (κ3) is 4.32. The van der Waals surface area contributed by atoms with Crippen LogP contribution in [0, 0.1) is 0 Å². The van der Waals surface area contributed by atoms with Crippen LogP contribution in [0.15, 0.2) is 0 Å². The molecule has 0 heterocycles. The molecular formula is C2H6FOP. The van der Waals surface area contributed by atoms with Crippen LogP contribution in [-0.2, 0) is 0 Å². The minimum absolute atomic E-state index is 0.398. The maximum absolute atomic E-state index is 11.1. The minimum atomic E-state index is -1.14. The quantitative estimate of drug-likeness (QED) is 0.460. The summed E-state index contributed by atoms with van der Waals surface area (Å²) in [6.45, 7) is -0.398. The van der Waals surface area contributed by atoms with Crippen LogP contribution in [0.5, 0.6) is 0 Å². The van der Waals surface area contributed by atoms with Crippen molar-refractivity contribution in [1.82, 2.24) is 0 Å². The summed E-state index contributed by atoms with van der Waals surface area (Å²) < 4.78 is 11.1. The summed E-state index contributed by atoms with van der Waals surface area (Å²) in [6, 6.07) is 0. The summed E-state index contributed by atoms with van der Waals surface area (Å²) in [5, 5.41) is 7.75. The zero-order valence-corrected chi connectivity index (χ0v) is 3.84. The third-order valence-corrected chi connectivity index (χ3v) is 0.385. The molecule has 0 aromatic carbocycles. The van der Waals surface area contributed by atoms with Crippen molar-refractivity contribution in [2.24, 2.45) is 0 Å². The first-order valence-electron chi connectivity index (χ1n) is 1.28. The lowest BCUT2D eigenvalue weighted by atomic mass is 10.8. The highest BCUT2D eigenvalue weighted by Crippen LogP contribution is 1.95. The lowest BCUT2D eigenvalue weighted by Crippen LogP contribution is -1.91. The predicted molar refractivity (Wildman–Crippen MR) is 21.7 cm³/mol. The largest absolute Gasteiger partial charge is 0.393 e. The Morgan fingerprint density at radius 2 is 2.20 bits per heavy atom. The molecule has 1 nitrogen and oxygen atoms in total. The molecule has 0 fully saturated rings. The van der Waals surface area contributed by atoms with Gasteiger partial charge in [0.1, 0.15) is 5.91 Å². The Hall–Kier alpha value is 0.320. The van der Waals surface area contributed by atoms with Crippen molar-refractivity contribution in [3.63, 3.8) is 0 Å². The molecule has 0 aromatic heterocycles. The standard InChI is InChI=1S/C2H6FOP/c3-2(5)1-4/h2,4H,1,5H2. The summed E-state index contributed by atoms with van der Waals surface area (Å²) in [5.41, 5.74) is 0. The van der Waals surface area contributed by atoms with E-state index in [1.54, 1.807) is 0 Å². The molecule has 0 aromatic rings. The van der Waals surface area contributed by atoms with E-state index in [9.17, 15) is 4.39 Å². The van der Waals surface area contributed by atoms with Crippen LogP contribution >= 0.6 is 9.24 Å². The average molecular weight is 96.0 g/mol. The van der Waals surface area contributed by atoms with E-state index < -0.39 is 12.5 Å². The molecule has 0 aliphatic heterocycles. The SMILES string of the molecule is OCC(F)P. The summed E-state index contributed by atoms with van der Waals surface area (Å²) in [4.78, 5) is 0. The van der Waals surface area contributed by atoms with Crippen LogP contribution in [0.25, 0.3) is 0 Å². The van der Waals surface area contributed by atoms with Crippen molar-refractivity contribution in [1.29, 1.82) is 0 Å². The molecule has 3 heteroatoms. The van der Waals surface area contributed by atoms with Gasteiger partial charge in [-0.2, -0.15) is 0 Å². The second-order valence-corrected chi connectivity index (χ2v) is 1.42. The lowest BCUT2D eigenvalue weighted by molar-refractivity contribution is 0.233. The number of aliphatic hydroxyl groups is 1. The highest BCUT2D eigenvalue weighted by atomic mass is 31.0. The van der Waals surface area contributed by atoms with Gasteiger partial charge in [0.25, 0.3) is 0 Å². The van der Waals surface area contributed by atoms with E-state index in [0.29, 0.717) is 0 Å². The number of alkyl halides is 1. The molecule has 5 heavy (non-hydrogen) atoms. The van der Waals surface area contributed by atoms with Gasteiger partial charge in [-0.05, 0) is 0 Å². The molecule has 0 rings (SSSR count). The third-order valence-electron chi connectivity index (χ3n) is 0.174. The molecule has 0 radical (unpaired) electrons. The summed E-state index contributed by atoms with van der Waals surface area (Å²) in [5.74, 6) is -1.14. The molecule has 32 valence electrons. The van der Waals surface area contributed by atoms with Crippen LogP contribution in [-0.4, -0.2) is 17.6 Å². The Kier molecular flexibility index (Phi) is 2.71. The molecular weight excluding hydrogens is 90.0 g/mol. The first kappa shape index (κ1) is 5.32. The van der Waals surface area contributed by atoms with E-state index in [1.807, 2.05) is 9.24 Å². The van der Waals surface area contributed by atoms with Crippen molar-refractivity contribution in [3.05, 3.63) is 0 Å². The molecule has 1 N–H and O–H groups in total. The van der Waals surface area contributed by atoms with E-state index in [0.717, 1.165) is 0 Å². The van der Waals surface area contributed by atoms with Crippen LogP contribution in [0.4, 0.5) is 4.39 Å². The zero-order valence-electron chi connectivity index (χ0n) is 2.69. The average Bonchev–Trinajstić information content (AvgIpc) is 1.38. The fraction of sp³-hybridized carbons (Fsp3) is 1.00. The van der Waals surface area contributed by atoms with Gasteiger partial charge in [0, 0.05) is 0 Å². The highest BCUT2D eigenvalue weighted by Gasteiger charge is 1.87. The Bertz CT molecular complexity index is 23.6. The molecule has 0 spiro atoms. The van der Waals surface area contributed by atoms with E-state index in [1.165, 1.54) is 0 Å². The molecule has 0 amide bonds. The number of hydrogen-bond acceptors (Lipinski definition) is 1. The van der Waals surface area contributed by atoms with Crippen molar-refractivity contribution in [2.75, 3.05) is 6.61 Å². The molecule has 0 saturated heterocycles. The fourth-order valence-electron chi connectivity index (χ4n) is 0. The lowest BCUT2D eigenvalue weighted by Gasteiger charge is -1.85. The van der Waals surface area contributed by atoms with Crippen molar-refractivity contribution in [3.8, 4) is 0 Å². The van der Waals surface area contributed by atoms with E-state index in [-0.39, 0.29) is 0 Å². The first-order chi connectivity index (χ1) is 2.27. The molecule has 0 bridgehead atoms. The van der Waals surface area contributed by atoms with Crippen molar-refractivity contribution in [2.45, 2.75) is 5.91 Å². The van der Waals surface area contributed by atoms with Crippen LogP contribution in [0.1, 0.15) is 0 Å². The maximum atomic E-state index is 11.1. The van der Waals surface area contributed by atoms with Gasteiger partial charge in [-0.15, -0.1) is 0 Å². The van der Waals surface area contributed by atoms with Gasteiger partial charge in [-0.25, -0.2) is 4.39 Å². The topological polar surface area (TPSA) is 20.2 Å². The van der Waals surface area contributed by atoms with E-state index >= 15 is 0 Å². The molecule has 2 atom stereocenters. The van der Waals surface area contributed by atoms with Gasteiger partial charge in [-0.3, -0.25) is 0 Å². The smallest absolute Gasteiger partial charge is 0.136 e. The maximum Gasteiger partial charge on any atom is 0.136 e. The van der Waals surface area contributed by atoms with Crippen LogP contribution in [0.3, 0.4) is 0 Å². The van der Waals surface area contributed by atoms with Gasteiger partial charge in [0.15, 0.2) is 0 Å². The Balaban J connectivity index is 2.54. The summed E-state index contributed by atoms with van der Waals surface area (Å²) >= 11 is 0. The summed E-state index contributed by atoms with van der Waals surface area (Å²) in [7, 11) is 1.82. The Morgan fingerprint density at radius 3 is 2.20 bits per heavy atom. The van der Waals surface area contributed by atoms with Gasteiger partial charge in [0.05, 0.1) is 6.61 Å². The Morgan fingerprint density at radius 1 is 2.00 bits per heavy atom. The first-order valence-corrected chi connectivity index (χ1v) is 1.94. The van der Waals surface area contributed by atoms with E-state index in [4.69, 9.17) is 5.11 Å². The van der Waals surface area contributed by atoms with Gasteiger partial charge < -0.3 is 5.11 Å². The highest BCUT2D eigenvalue weighted by molar-refractivity contribution is 7.17. The second-order valence-electron chi connectivity index (χ2n) is 0.699. The van der Waals surface area contributed by atoms with E-state index in [2.05, 4.69) is 0 Å². The van der Waals surface area contributed by atoms with Crippen molar-refractivity contribution < 1.29 is 9.50 Å². The second kappa shape index (κ2) is 2.55. The number of aliphatic hydroxyl groups excluding tert-OH is 1.